The second-order valence-corrected chi connectivity index (χ2v) is 4.07. The Balaban J connectivity index is 3.14. The van der Waals surface area contributed by atoms with E-state index in [2.05, 4.69) is 5.32 Å². The van der Waals surface area contributed by atoms with Gasteiger partial charge in [0.2, 0.25) is 5.91 Å². The normalized spacial score (nSPS) is 11.1. The molecular formula is C10H12FN3O3. The van der Waals surface area contributed by atoms with Crippen molar-refractivity contribution in [3.63, 3.8) is 0 Å². The van der Waals surface area contributed by atoms with Gasteiger partial charge in [-0.15, -0.1) is 0 Å². The maximum absolute atomic E-state index is 13.4. The Morgan fingerprint density at radius 3 is 2.59 bits per heavy atom. The molecule has 1 aromatic rings. The summed E-state index contributed by atoms with van der Waals surface area (Å²) in [7, 11) is 0. The van der Waals surface area contributed by atoms with Crippen LogP contribution < -0.4 is 11.1 Å². The molecular weight excluding hydrogens is 229 g/mol. The average molecular weight is 241 g/mol. The Morgan fingerprint density at radius 2 is 2.12 bits per heavy atom. The summed E-state index contributed by atoms with van der Waals surface area (Å²) >= 11 is 0. The minimum Gasteiger partial charge on any atom is -0.318 e. The molecule has 0 aliphatic carbocycles. The van der Waals surface area contributed by atoms with E-state index in [9.17, 15) is 19.3 Å². The summed E-state index contributed by atoms with van der Waals surface area (Å²) in [5.74, 6) is -1.58. The number of carbonyl (C=O) groups excluding carboxylic acids is 1. The zero-order chi connectivity index (χ0) is 13.2. The van der Waals surface area contributed by atoms with Crippen molar-refractivity contribution in [3.05, 3.63) is 34.1 Å². The molecule has 0 heterocycles. The highest BCUT2D eigenvalue weighted by molar-refractivity contribution is 5.99. The summed E-state index contributed by atoms with van der Waals surface area (Å²) in [5.41, 5.74) is 3.26. The molecule has 0 atom stereocenters. The van der Waals surface area contributed by atoms with Gasteiger partial charge in [-0.25, -0.2) is 4.39 Å². The van der Waals surface area contributed by atoms with Gasteiger partial charge in [0.05, 0.1) is 10.5 Å². The van der Waals surface area contributed by atoms with E-state index in [1.165, 1.54) is 19.9 Å². The van der Waals surface area contributed by atoms with Gasteiger partial charge in [-0.1, -0.05) is 6.07 Å². The highest BCUT2D eigenvalue weighted by atomic mass is 19.1. The third-order valence-electron chi connectivity index (χ3n) is 2.01. The predicted molar refractivity (Wildman–Crippen MR) is 60.0 cm³/mol. The van der Waals surface area contributed by atoms with E-state index in [4.69, 9.17) is 5.73 Å². The summed E-state index contributed by atoms with van der Waals surface area (Å²) in [5, 5.41) is 12.8. The molecule has 7 heteroatoms. The third kappa shape index (κ3) is 2.97. The van der Waals surface area contributed by atoms with Crippen LogP contribution in [-0.2, 0) is 4.79 Å². The first-order valence-corrected chi connectivity index (χ1v) is 4.76. The Bertz CT molecular complexity index is 468. The van der Waals surface area contributed by atoms with Crippen LogP contribution in [-0.4, -0.2) is 16.4 Å². The number of nitrogens with two attached hydrogens (primary N) is 1. The molecule has 17 heavy (non-hydrogen) atoms. The first-order valence-electron chi connectivity index (χ1n) is 4.76. The van der Waals surface area contributed by atoms with Gasteiger partial charge in [-0.3, -0.25) is 14.9 Å². The number of nitrogens with zero attached hydrogens (tertiary/aromatic N) is 1. The van der Waals surface area contributed by atoms with Crippen LogP contribution >= 0.6 is 0 Å². The van der Waals surface area contributed by atoms with Gasteiger partial charge in [0.15, 0.2) is 11.5 Å². The number of rotatable bonds is 3. The van der Waals surface area contributed by atoms with E-state index < -0.39 is 33.6 Å². The Morgan fingerprint density at radius 1 is 1.53 bits per heavy atom. The SMILES string of the molecule is CC(C)(N)C(=O)Nc1c(F)cccc1[N+](=O)[O-]. The molecule has 3 N–H and O–H groups in total. The quantitative estimate of drug-likeness (QED) is 0.617. The fourth-order valence-electron chi connectivity index (χ4n) is 1.06. The van der Waals surface area contributed by atoms with Gasteiger partial charge in [0.25, 0.3) is 5.69 Å². The molecule has 0 fully saturated rings. The second kappa shape index (κ2) is 4.46. The summed E-state index contributed by atoms with van der Waals surface area (Å²) in [6.07, 6.45) is 0. The number of amides is 1. The first-order chi connectivity index (χ1) is 7.73. The van der Waals surface area contributed by atoms with Crippen LogP contribution in [0.25, 0.3) is 0 Å². The van der Waals surface area contributed by atoms with Gasteiger partial charge in [0, 0.05) is 6.07 Å². The van der Waals surface area contributed by atoms with Crippen LogP contribution in [0.3, 0.4) is 0 Å². The summed E-state index contributed by atoms with van der Waals surface area (Å²) < 4.78 is 13.4. The third-order valence-corrected chi connectivity index (χ3v) is 2.01. The lowest BCUT2D eigenvalue weighted by molar-refractivity contribution is -0.384. The molecule has 0 saturated carbocycles. The molecule has 0 aliphatic rings. The smallest absolute Gasteiger partial charge is 0.295 e. The van der Waals surface area contributed by atoms with Crippen LogP contribution in [0.15, 0.2) is 18.2 Å². The topological polar surface area (TPSA) is 98.3 Å². The number of para-hydroxylation sites is 1. The number of anilines is 1. The number of nitro groups is 1. The van der Waals surface area contributed by atoms with E-state index >= 15 is 0 Å². The number of hydrogen-bond acceptors (Lipinski definition) is 4. The molecule has 0 bridgehead atoms. The number of nitrogens with one attached hydrogen (secondary N) is 1. The number of hydrogen-bond donors (Lipinski definition) is 2. The van der Waals surface area contributed by atoms with Crippen LogP contribution in [0.2, 0.25) is 0 Å². The largest absolute Gasteiger partial charge is 0.318 e. The maximum Gasteiger partial charge on any atom is 0.295 e. The molecule has 1 amide bonds. The molecule has 1 aromatic carbocycles. The summed E-state index contributed by atoms with van der Waals surface area (Å²) in [6.45, 7) is 2.82. The van der Waals surface area contributed by atoms with Crippen LogP contribution in [0.5, 0.6) is 0 Å². The lowest BCUT2D eigenvalue weighted by Gasteiger charge is -2.17. The molecule has 0 aliphatic heterocycles. The molecule has 0 saturated heterocycles. The van der Waals surface area contributed by atoms with Gasteiger partial charge in [-0.2, -0.15) is 0 Å². The van der Waals surface area contributed by atoms with Crippen molar-refractivity contribution in [1.29, 1.82) is 0 Å². The highest BCUT2D eigenvalue weighted by Crippen LogP contribution is 2.27. The van der Waals surface area contributed by atoms with Gasteiger partial charge in [-0.05, 0) is 19.9 Å². The predicted octanol–water partition coefficient (Wildman–Crippen LogP) is 1.41. The van der Waals surface area contributed by atoms with Crippen molar-refractivity contribution >= 4 is 17.3 Å². The van der Waals surface area contributed by atoms with Crippen molar-refractivity contribution in [1.82, 2.24) is 0 Å². The fourth-order valence-corrected chi connectivity index (χ4v) is 1.06. The van der Waals surface area contributed by atoms with Crippen molar-refractivity contribution in [2.24, 2.45) is 5.73 Å². The van der Waals surface area contributed by atoms with E-state index in [-0.39, 0.29) is 0 Å². The molecule has 0 unspecified atom stereocenters. The number of halogens is 1. The van der Waals surface area contributed by atoms with E-state index in [0.29, 0.717) is 0 Å². The van der Waals surface area contributed by atoms with Crippen LogP contribution in [0.1, 0.15) is 13.8 Å². The molecule has 0 spiro atoms. The molecule has 92 valence electrons. The number of carbonyl (C=O) groups is 1. The van der Waals surface area contributed by atoms with Gasteiger partial charge >= 0.3 is 0 Å². The first kappa shape index (κ1) is 13.0. The lowest BCUT2D eigenvalue weighted by Crippen LogP contribution is -2.45. The fraction of sp³-hybridized carbons (Fsp3) is 0.300. The van der Waals surface area contributed by atoms with Gasteiger partial charge in [0.1, 0.15) is 0 Å². The molecule has 1 rings (SSSR count). The summed E-state index contributed by atoms with van der Waals surface area (Å²) in [6, 6.07) is 3.31. The lowest BCUT2D eigenvalue weighted by atomic mass is 10.1. The summed E-state index contributed by atoms with van der Waals surface area (Å²) in [4.78, 5) is 21.4. The second-order valence-electron chi connectivity index (χ2n) is 4.07. The van der Waals surface area contributed by atoms with Crippen LogP contribution in [0.4, 0.5) is 15.8 Å². The zero-order valence-electron chi connectivity index (χ0n) is 9.36. The molecule has 0 aromatic heterocycles. The van der Waals surface area contributed by atoms with Gasteiger partial charge < -0.3 is 11.1 Å². The van der Waals surface area contributed by atoms with E-state index in [1.54, 1.807) is 0 Å². The number of nitro benzene ring substituents is 1. The van der Waals surface area contributed by atoms with Crippen molar-refractivity contribution in [2.75, 3.05) is 5.32 Å². The van der Waals surface area contributed by atoms with E-state index in [0.717, 1.165) is 12.1 Å². The minimum absolute atomic E-state index is 0.471. The van der Waals surface area contributed by atoms with Crippen molar-refractivity contribution in [3.8, 4) is 0 Å². The average Bonchev–Trinajstić information content (AvgIpc) is 2.18. The Kier molecular flexibility index (Phi) is 3.42. The van der Waals surface area contributed by atoms with Crippen molar-refractivity contribution < 1.29 is 14.1 Å². The Labute approximate surface area is 96.8 Å². The monoisotopic (exact) mass is 241 g/mol. The molecule has 6 nitrogen and oxygen atoms in total. The van der Waals surface area contributed by atoms with E-state index in [1.807, 2.05) is 0 Å². The highest BCUT2D eigenvalue weighted by Gasteiger charge is 2.26. The standard InChI is InChI=1S/C10H12FN3O3/c1-10(2,12)9(15)13-8-6(11)4-3-5-7(8)14(16)17/h3-5H,12H2,1-2H3,(H,13,15). The minimum atomic E-state index is -1.25. The Hall–Kier alpha value is -2.02. The number of benzene rings is 1. The maximum atomic E-state index is 13.4. The van der Waals surface area contributed by atoms with Crippen molar-refractivity contribution in [2.45, 2.75) is 19.4 Å². The zero-order valence-corrected chi connectivity index (χ0v) is 9.36. The van der Waals surface area contributed by atoms with Crippen LogP contribution in [0, 0.1) is 15.9 Å². The molecule has 0 radical (unpaired) electrons.